The number of para-hydroxylation sites is 2. The summed E-state index contributed by atoms with van der Waals surface area (Å²) < 4.78 is 5.20. The van der Waals surface area contributed by atoms with Gasteiger partial charge in [0.25, 0.3) is 5.69 Å². The summed E-state index contributed by atoms with van der Waals surface area (Å²) in [5.41, 5.74) is 1.30. The van der Waals surface area contributed by atoms with Gasteiger partial charge in [-0.1, -0.05) is 28.9 Å². The Bertz CT molecular complexity index is 849. The Kier molecular flexibility index (Phi) is 4.72. The van der Waals surface area contributed by atoms with Gasteiger partial charge in [0.2, 0.25) is 11.7 Å². The Morgan fingerprint density at radius 1 is 1.17 bits per heavy atom. The van der Waals surface area contributed by atoms with E-state index in [9.17, 15) is 10.1 Å². The molecule has 0 aliphatic carbocycles. The Morgan fingerprint density at radius 3 is 2.67 bits per heavy atom. The van der Waals surface area contributed by atoms with Gasteiger partial charge in [-0.2, -0.15) is 4.98 Å². The van der Waals surface area contributed by atoms with Gasteiger partial charge in [-0.3, -0.25) is 10.1 Å². The second kappa shape index (κ2) is 7.10. The Balaban J connectivity index is 1.62. The number of nitro benzene ring substituents is 1. The van der Waals surface area contributed by atoms with Crippen LogP contribution >= 0.6 is 11.6 Å². The molecule has 0 aliphatic heterocycles. The highest BCUT2D eigenvalue weighted by molar-refractivity contribution is 6.30. The fraction of sp³-hybridized carbons (Fsp3) is 0.125. The summed E-state index contributed by atoms with van der Waals surface area (Å²) >= 11 is 5.85. The molecule has 1 heterocycles. The number of hydrogen-bond acceptors (Lipinski definition) is 6. The van der Waals surface area contributed by atoms with Gasteiger partial charge >= 0.3 is 0 Å². The Morgan fingerprint density at radius 2 is 1.92 bits per heavy atom. The molecule has 3 rings (SSSR count). The molecule has 0 amide bonds. The molecule has 7 nitrogen and oxygen atoms in total. The van der Waals surface area contributed by atoms with Gasteiger partial charge in [-0.15, -0.1) is 0 Å². The highest BCUT2D eigenvalue weighted by Crippen LogP contribution is 2.23. The van der Waals surface area contributed by atoms with E-state index in [4.69, 9.17) is 16.1 Å². The minimum atomic E-state index is -0.423. The highest BCUT2D eigenvalue weighted by Gasteiger charge is 2.13. The number of rotatable bonds is 6. The van der Waals surface area contributed by atoms with Gasteiger partial charge in [0.1, 0.15) is 5.69 Å². The molecule has 24 heavy (non-hydrogen) atoms. The maximum Gasteiger partial charge on any atom is 0.292 e. The summed E-state index contributed by atoms with van der Waals surface area (Å²) in [6.07, 6.45) is 0.451. The molecule has 0 spiro atoms. The maximum absolute atomic E-state index is 11.0. The second-order valence-electron chi connectivity index (χ2n) is 4.97. The van der Waals surface area contributed by atoms with Crippen LogP contribution in [0.25, 0.3) is 11.4 Å². The quantitative estimate of drug-likeness (QED) is 0.537. The Hall–Kier alpha value is -2.93. The van der Waals surface area contributed by atoms with Crippen LogP contribution in [0.5, 0.6) is 0 Å². The number of anilines is 1. The van der Waals surface area contributed by atoms with Crippen LogP contribution in [-0.2, 0) is 6.42 Å². The summed E-state index contributed by atoms with van der Waals surface area (Å²) in [7, 11) is 0. The molecule has 0 bridgehead atoms. The number of benzene rings is 2. The molecule has 1 aromatic heterocycles. The van der Waals surface area contributed by atoms with E-state index in [1.165, 1.54) is 6.07 Å². The Labute approximate surface area is 142 Å². The first-order chi connectivity index (χ1) is 11.6. The molecule has 2 aromatic carbocycles. The number of nitro groups is 1. The number of hydrogen-bond donors (Lipinski definition) is 1. The normalized spacial score (nSPS) is 10.5. The van der Waals surface area contributed by atoms with E-state index in [2.05, 4.69) is 15.5 Å². The van der Waals surface area contributed by atoms with Gasteiger partial charge in [-0.25, -0.2) is 0 Å². The van der Waals surface area contributed by atoms with Crippen LogP contribution in [0.2, 0.25) is 5.02 Å². The van der Waals surface area contributed by atoms with Crippen molar-refractivity contribution in [3.05, 3.63) is 69.6 Å². The first-order valence-corrected chi connectivity index (χ1v) is 7.57. The van der Waals surface area contributed by atoms with Crippen molar-refractivity contribution in [2.75, 3.05) is 11.9 Å². The summed E-state index contributed by atoms with van der Waals surface area (Å²) in [6, 6.07) is 13.6. The van der Waals surface area contributed by atoms with E-state index >= 15 is 0 Å². The summed E-state index contributed by atoms with van der Waals surface area (Å²) in [4.78, 5) is 14.8. The van der Waals surface area contributed by atoms with E-state index in [0.717, 1.165) is 5.56 Å². The zero-order valence-electron chi connectivity index (χ0n) is 12.5. The summed E-state index contributed by atoms with van der Waals surface area (Å²) in [5, 5.41) is 18.5. The minimum absolute atomic E-state index is 0.0323. The molecule has 0 aliphatic rings. The first kappa shape index (κ1) is 15.9. The molecule has 0 saturated heterocycles. The molecular formula is C16H13ClN4O3. The first-order valence-electron chi connectivity index (χ1n) is 7.19. The molecule has 0 unspecified atom stereocenters. The van der Waals surface area contributed by atoms with Crippen molar-refractivity contribution in [2.45, 2.75) is 6.42 Å². The average Bonchev–Trinajstić information content (AvgIpc) is 3.05. The van der Waals surface area contributed by atoms with Crippen molar-refractivity contribution >= 4 is 23.0 Å². The molecule has 0 radical (unpaired) electrons. The number of nitrogens with one attached hydrogen (secondary N) is 1. The molecule has 0 fully saturated rings. The molecule has 8 heteroatoms. The van der Waals surface area contributed by atoms with Crippen molar-refractivity contribution in [3.63, 3.8) is 0 Å². The van der Waals surface area contributed by atoms with Crippen molar-refractivity contribution in [1.29, 1.82) is 0 Å². The molecule has 1 N–H and O–H groups in total. The summed E-state index contributed by atoms with van der Waals surface area (Å²) in [5.74, 6) is 0.929. The van der Waals surface area contributed by atoms with Gasteiger partial charge < -0.3 is 9.84 Å². The molecule has 3 aromatic rings. The lowest BCUT2D eigenvalue weighted by atomic mass is 10.2. The van der Waals surface area contributed by atoms with Crippen LogP contribution in [0.1, 0.15) is 5.89 Å². The maximum atomic E-state index is 11.0. The zero-order chi connectivity index (χ0) is 16.9. The molecular weight excluding hydrogens is 332 g/mol. The van der Waals surface area contributed by atoms with Crippen molar-refractivity contribution in [3.8, 4) is 11.4 Å². The molecule has 0 saturated carbocycles. The van der Waals surface area contributed by atoms with Crippen molar-refractivity contribution < 1.29 is 9.45 Å². The lowest BCUT2D eigenvalue weighted by Crippen LogP contribution is -2.07. The van der Waals surface area contributed by atoms with Crippen molar-refractivity contribution in [1.82, 2.24) is 10.1 Å². The lowest BCUT2D eigenvalue weighted by molar-refractivity contribution is -0.384. The van der Waals surface area contributed by atoms with Crippen LogP contribution in [-0.4, -0.2) is 21.6 Å². The number of halogens is 1. The van der Waals surface area contributed by atoms with Gasteiger partial charge in [0, 0.05) is 29.6 Å². The van der Waals surface area contributed by atoms with E-state index in [1.807, 2.05) is 12.1 Å². The standard InChI is InChI=1S/C16H13ClN4O3/c17-12-7-5-11(6-8-12)16-19-15(24-20-16)9-10-18-13-3-1-2-4-14(13)21(22)23/h1-8,18H,9-10H2. The molecule has 122 valence electrons. The van der Waals surface area contributed by atoms with E-state index in [0.29, 0.717) is 35.4 Å². The smallest absolute Gasteiger partial charge is 0.292 e. The second-order valence-corrected chi connectivity index (χ2v) is 5.41. The highest BCUT2D eigenvalue weighted by atomic mass is 35.5. The van der Waals surface area contributed by atoms with Crippen LogP contribution in [0.15, 0.2) is 53.1 Å². The fourth-order valence-electron chi connectivity index (χ4n) is 2.16. The minimum Gasteiger partial charge on any atom is -0.379 e. The van der Waals surface area contributed by atoms with Crippen LogP contribution in [0.4, 0.5) is 11.4 Å². The van der Waals surface area contributed by atoms with Crippen molar-refractivity contribution in [2.24, 2.45) is 0 Å². The average molecular weight is 345 g/mol. The third-order valence-corrected chi connectivity index (χ3v) is 3.58. The fourth-order valence-corrected chi connectivity index (χ4v) is 2.29. The van der Waals surface area contributed by atoms with E-state index < -0.39 is 4.92 Å². The largest absolute Gasteiger partial charge is 0.379 e. The zero-order valence-corrected chi connectivity index (χ0v) is 13.2. The van der Waals surface area contributed by atoms with Crippen LogP contribution in [0, 0.1) is 10.1 Å². The predicted molar refractivity (Wildman–Crippen MR) is 90.0 cm³/mol. The monoisotopic (exact) mass is 344 g/mol. The van der Waals surface area contributed by atoms with Crippen LogP contribution < -0.4 is 5.32 Å². The van der Waals surface area contributed by atoms with Gasteiger partial charge in [0.05, 0.1) is 4.92 Å². The molecule has 0 atom stereocenters. The number of aromatic nitrogens is 2. The van der Waals surface area contributed by atoms with E-state index in [1.54, 1.807) is 30.3 Å². The predicted octanol–water partition coefficient (Wildman–Crippen LogP) is 3.95. The van der Waals surface area contributed by atoms with Crippen LogP contribution in [0.3, 0.4) is 0 Å². The number of nitrogens with zero attached hydrogens (tertiary/aromatic N) is 3. The van der Waals surface area contributed by atoms with Gasteiger partial charge in [-0.05, 0) is 30.3 Å². The SMILES string of the molecule is O=[N+]([O-])c1ccccc1NCCc1nc(-c2ccc(Cl)cc2)no1. The topological polar surface area (TPSA) is 94.1 Å². The lowest BCUT2D eigenvalue weighted by Gasteiger charge is -2.04. The van der Waals surface area contributed by atoms with Gasteiger partial charge in [0.15, 0.2) is 0 Å². The third-order valence-electron chi connectivity index (χ3n) is 3.33. The van der Waals surface area contributed by atoms with E-state index in [-0.39, 0.29) is 5.69 Å². The third kappa shape index (κ3) is 3.69. The summed E-state index contributed by atoms with van der Waals surface area (Å²) in [6.45, 7) is 0.438.